The van der Waals surface area contributed by atoms with Gasteiger partial charge in [0.2, 0.25) is 0 Å². The summed E-state index contributed by atoms with van der Waals surface area (Å²) in [6.07, 6.45) is 4.24. The zero-order valence-electron chi connectivity index (χ0n) is 9.07. The summed E-state index contributed by atoms with van der Waals surface area (Å²) in [5.41, 5.74) is 2.22. The van der Waals surface area contributed by atoms with Crippen molar-refractivity contribution < 1.29 is 0 Å². The van der Waals surface area contributed by atoms with Gasteiger partial charge in [-0.25, -0.2) is 0 Å². The first kappa shape index (κ1) is 10.8. The van der Waals surface area contributed by atoms with Crippen molar-refractivity contribution in [2.75, 3.05) is 12.5 Å². The minimum atomic E-state index is 1.09. The van der Waals surface area contributed by atoms with Crippen molar-refractivity contribution in [1.82, 2.24) is 4.98 Å². The Labute approximate surface area is 98.7 Å². The molecule has 78 valence electrons. The van der Waals surface area contributed by atoms with E-state index >= 15 is 0 Å². The molecule has 0 radical (unpaired) electrons. The number of aryl methyl sites for hydroxylation is 1. The molecule has 0 bridgehead atoms. The number of hydrogen-bond donors (Lipinski definition) is 0. The van der Waals surface area contributed by atoms with Crippen LogP contribution in [0.1, 0.15) is 5.69 Å². The third-order valence-corrected chi connectivity index (χ3v) is 4.25. The van der Waals surface area contributed by atoms with Crippen LogP contribution in [0.5, 0.6) is 0 Å². The predicted molar refractivity (Wildman–Crippen MR) is 70.0 cm³/mol. The molecule has 1 aromatic heterocycles. The van der Waals surface area contributed by atoms with Crippen molar-refractivity contribution in [3.05, 3.63) is 30.0 Å². The minimum absolute atomic E-state index is 1.09. The summed E-state index contributed by atoms with van der Waals surface area (Å²) in [6.45, 7) is 2.08. The molecule has 0 aliphatic rings. The number of hydrogen-bond acceptors (Lipinski definition) is 3. The smallest absolute Gasteiger partial charge is 0.0717 e. The first-order chi connectivity index (χ1) is 7.27. The van der Waals surface area contributed by atoms with Gasteiger partial charge >= 0.3 is 0 Å². The average molecular weight is 235 g/mol. The highest BCUT2D eigenvalue weighted by Gasteiger charge is 2.10. The highest BCUT2D eigenvalue weighted by Crippen LogP contribution is 2.35. The van der Waals surface area contributed by atoms with E-state index in [1.165, 1.54) is 15.2 Å². The van der Waals surface area contributed by atoms with Gasteiger partial charge in [-0.3, -0.25) is 4.98 Å². The van der Waals surface area contributed by atoms with Crippen LogP contribution in [0, 0.1) is 6.92 Å². The van der Waals surface area contributed by atoms with Crippen LogP contribution in [-0.4, -0.2) is 17.5 Å². The van der Waals surface area contributed by atoms with E-state index < -0.39 is 0 Å². The van der Waals surface area contributed by atoms with Crippen LogP contribution in [0.2, 0.25) is 0 Å². The van der Waals surface area contributed by atoms with Gasteiger partial charge in [0.15, 0.2) is 0 Å². The molecular weight excluding hydrogens is 222 g/mol. The van der Waals surface area contributed by atoms with Crippen LogP contribution < -0.4 is 0 Å². The average Bonchev–Trinajstić information content (AvgIpc) is 2.27. The van der Waals surface area contributed by atoms with Crippen molar-refractivity contribution in [3.8, 4) is 0 Å². The lowest BCUT2D eigenvalue weighted by Crippen LogP contribution is -1.91. The molecular formula is C12H13NS2. The van der Waals surface area contributed by atoms with Crippen molar-refractivity contribution in [1.29, 1.82) is 0 Å². The zero-order valence-corrected chi connectivity index (χ0v) is 10.7. The largest absolute Gasteiger partial charge is 0.252 e. The molecule has 0 aliphatic heterocycles. The summed E-state index contributed by atoms with van der Waals surface area (Å²) < 4.78 is 0. The molecule has 15 heavy (non-hydrogen) atoms. The lowest BCUT2D eigenvalue weighted by molar-refractivity contribution is 1.10. The zero-order chi connectivity index (χ0) is 10.8. The van der Waals surface area contributed by atoms with Gasteiger partial charge < -0.3 is 0 Å². The number of pyridine rings is 1. The Morgan fingerprint density at radius 2 is 1.67 bits per heavy atom. The highest BCUT2D eigenvalue weighted by molar-refractivity contribution is 8.01. The highest BCUT2D eigenvalue weighted by atomic mass is 32.2. The summed E-state index contributed by atoms with van der Waals surface area (Å²) in [7, 11) is 0. The second-order valence-electron chi connectivity index (χ2n) is 3.28. The molecule has 0 amide bonds. The first-order valence-electron chi connectivity index (χ1n) is 4.75. The maximum Gasteiger partial charge on any atom is 0.0717 e. The molecule has 0 spiro atoms. The van der Waals surface area contributed by atoms with Gasteiger partial charge in [0.1, 0.15) is 0 Å². The Hall–Kier alpha value is -0.670. The Morgan fingerprint density at radius 3 is 2.33 bits per heavy atom. The van der Waals surface area contributed by atoms with Crippen LogP contribution in [0.3, 0.4) is 0 Å². The van der Waals surface area contributed by atoms with Gasteiger partial charge in [-0.2, -0.15) is 0 Å². The summed E-state index contributed by atoms with van der Waals surface area (Å²) in [4.78, 5) is 7.28. The van der Waals surface area contributed by atoms with E-state index in [1.807, 2.05) is 6.07 Å². The maximum absolute atomic E-state index is 4.62. The van der Waals surface area contributed by atoms with E-state index in [0.29, 0.717) is 0 Å². The van der Waals surface area contributed by atoms with Crippen LogP contribution in [0.25, 0.3) is 10.9 Å². The predicted octanol–water partition coefficient (Wildman–Crippen LogP) is 3.99. The van der Waals surface area contributed by atoms with Gasteiger partial charge in [0.05, 0.1) is 11.2 Å². The van der Waals surface area contributed by atoms with Crippen molar-refractivity contribution in [2.45, 2.75) is 16.7 Å². The molecule has 0 aliphatic carbocycles. The fourth-order valence-electron chi connectivity index (χ4n) is 1.72. The molecule has 1 nitrogen and oxygen atoms in total. The lowest BCUT2D eigenvalue weighted by atomic mass is 10.2. The summed E-state index contributed by atoms with van der Waals surface area (Å²) in [5.74, 6) is 0. The van der Waals surface area contributed by atoms with E-state index in [9.17, 15) is 0 Å². The fourth-order valence-corrected chi connectivity index (χ4v) is 3.59. The number of thioether (sulfide) groups is 2. The van der Waals surface area contributed by atoms with Crippen LogP contribution >= 0.6 is 23.5 Å². The van der Waals surface area contributed by atoms with Gasteiger partial charge in [0.25, 0.3) is 0 Å². The number of aromatic nitrogens is 1. The molecule has 0 N–H and O–H groups in total. The third-order valence-electron chi connectivity index (χ3n) is 2.38. The third kappa shape index (κ3) is 1.86. The monoisotopic (exact) mass is 235 g/mol. The Balaban J connectivity index is 2.84. The van der Waals surface area contributed by atoms with Crippen LogP contribution in [-0.2, 0) is 0 Å². The number of rotatable bonds is 2. The molecule has 3 heteroatoms. The van der Waals surface area contributed by atoms with Crippen LogP contribution in [0.15, 0.2) is 34.1 Å². The van der Waals surface area contributed by atoms with Crippen LogP contribution in [0.4, 0.5) is 0 Å². The normalized spacial score (nSPS) is 10.9. The van der Waals surface area contributed by atoms with Gasteiger partial charge in [-0.1, -0.05) is 18.2 Å². The topological polar surface area (TPSA) is 12.9 Å². The Bertz CT molecular complexity index is 494. The van der Waals surface area contributed by atoms with Crippen molar-refractivity contribution >= 4 is 34.4 Å². The molecule has 0 fully saturated rings. The fraction of sp³-hybridized carbons (Fsp3) is 0.250. The molecule has 1 heterocycles. The quantitative estimate of drug-likeness (QED) is 0.731. The first-order valence-corrected chi connectivity index (χ1v) is 7.20. The second-order valence-corrected chi connectivity index (χ2v) is 4.91. The summed E-state index contributed by atoms with van der Waals surface area (Å²) in [6, 6.07) is 8.33. The second kappa shape index (κ2) is 4.45. The molecule has 0 saturated heterocycles. The van der Waals surface area contributed by atoms with E-state index in [-0.39, 0.29) is 0 Å². The van der Waals surface area contributed by atoms with E-state index in [0.717, 1.165) is 11.2 Å². The summed E-state index contributed by atoms with van der Waals surface area (Å²) >= 11 is 3.58. The van der Waals surface area contributed by atoms with Gasteiger partial charge in [0, 0.05) is 15.2 Å². The Morgan fingerprint density at radius 1 is 1.00 bits per heavy atom. The number of fused-ring (bicyclic) bond motifs is 1. The molecule has 0 atom stereocenters. The van der Waals surface area contributed by atoms with Gasteiger partial charge in [-0.15, -0.1) is 23.5 Å². The van der Waals surface area contributed by atoms with Gasteiger partial charge in [-0.05, 0) is 25.5 Å². The number of benzene rings is 1. The SMILES string of the molecule is CSc1c(C)nc2ccccc2c1SC. The maximum atomic E-state index is 4.62. The molecule has 0 unspecified atom stereocenters. The van der Waals surface area contributed by atoms with E-state index in [2.05, 4.69) is 42.6 Å². The number of para-hydroxylation sites is 1. The minimum Gasteiger partial charge on any atom is -0.252 e. The van der Waals surface area contributed by atoms with E-state index in [1.54, 1.807) is 23.5 Å². The molecule has 2 rings (SSSR count). The molecule has 1 aromatic carbocycles. The van der Waals surface area contributed by atoms with Crippen molar-refractivity contribution in [3.63, 3.8) is 0 Å². The lowest BCUT2D eigenvalue weighted by Gasteiger charge is -2.11. The summed E-state index contributed by atoms with van der Waals surface area (Å²) in [5, 5.41) is 1.26. The van der Waals surface area contributed by atoms with E-state index in [4.69, 9.17) is 0 Å². The Kier molecular flexibility index (Phi) is 3.22. The molecule has 0 saturated carbocycles. The number of nitrogens with zero attached hydrogens (tertiary/aromatic N) is 1. The standard InChI is InChI=1S/C12H13NS2/c1-8-11(14-2)12(15-3)9-6-4-5-7-10(9)13-8/h4-7H,1-3H3. The molecule has 2 aromatic rings. The van der Waals surface area contributed by atoms with Crippen molar-refractivity contribution in [2.24, 2.45) is 0 Å².